The zero-order chi connectivity index (χ0) is 19.2. The molecule has 0 aliphatic rings. The third-order valence-corrected chi connectivity index (χ3v) is 6.26. The average Bonchev–Trinajstić information content (AvgIpc) is 3.13. The molecule has 4 nitrogen and oxygen atoms in total. The lowest BCUT2D eigenvalue weighted by Crippen LogP contribution is -2.30. The molecule has 3 aromatic rings. The number of carbonyl (C=O) groups is 1. The number of nitrogens with zero attached hydrogens (tertiary/aromatic N) is 2. The zero-order valence-electron chi connectivity index (χ0n) is 15.7. The van der Waals surface area contributed by atoms with E-state index in [1.807, 2.05) is 42.5 Å². The number of para-hydroxylation sites is 1. The number of amides is 1. The zero-order valence-corrected chi connectivity index (χ0v) is 18.1. The van der Waals surface area contributed by atoms with Gasteiger partial charge in [-0.05, 0) is 66.3 Å². The third kappa shape index (κ3) is 4.94. The fourth-order valence-corrected chi connectivity index (χ4v) is 4.43. The van der Waals surface area contributed by atoms with Crippen molar-refractivity contribution in [3.63, 3.8) is 0 Å². The molecule has 3 rings (SSSR count). The fraction of sp³-hybridized carbons (Fsp3) is 0.333. The van der Waals surface area contributed by atoms with Gasteiger partial charge in [0.1, 0.15) is 0 Å². The van der Waals surface area contributed by atoms with E-state index in [0.29, 0.717) is 12.1 Å². The summed E-state index contributed by atoms with van der Waals surface area (Å²) in [5.41, 5.74) is 2.36. The average molecular weight is 446 g/mol. The van der Waals surface area contributed by atoms with E-state index >= 15 is 0 Å². The van der Waals surface area contributed by atoms with Gasteiger partial charge in [0.05, 0.1) is 25.4 Å². The molecule has 142 valence electrons. The van der Waals surface area contributed by atoms with Gasteiger partial charge in [-0.3, -0.25) is 4.79 Å². The minimum Gasteiger partial charge on any atom is -0.352 e. The van der Waals surface area contributed by atoms with E-state index in [1.165, 1.54) is 0 Å². The molecule has 2 aromatic heterocycles. The van der Waals surface area contributed by atoms with Crippen LogP contribution >= 0.6 is 27.3 Å². The van der Waals surface area contributed by atoms with Gasteiger partial charge >= 0.3 is 0 Å². The first-order valence-corrected chi connectivity index (χ1v) is 10.9. The topological polar surface area (TPSA) is 45.2 Å². The van der Waals surface area contributed by atoms with Gasteiger partial charge in [0.2, 0.25) is 0 Å². The summed E-state index contributed by atoms with van der Waals surface area (Å²) >= 11 is 5.12. The van der Waals surface area contributed by atoms with Crippen molar-refractivity contribution in [2.24, 2.45) is 0 Å². The van der Waals surface area contributed by atoms with E-state index in [4.69, 9.17) is 4.98 Å². The minimum atomic E-state index is -0.0370. The van der Waals surface area contributed by atoms with Crippen molar-refractivity contribution >= 4 is 44.1 Å². The van der Waals surface area contributed by atoms with Crippen molar-refractivity contribution in [2.45, 2.75) is 20.3 Å². The van der Waals surface area contributed by atoms with Crippen LogP contribution in [0.1, 0.15) is 30.6 Å². The van der Waals surface area contributed by atoms with Gasteiger partial charge < -0.3 is 10.2 Å². The third-order valence-electron chi connectivity index (χ3n) is 4.62. The first kappa shape index (κ1) is 20.0. The van der Waals surface area contributed by atoms with Crippen LogP contribution in [-0.4, -0.2) is 42.0 Å². The lowest BCUT2D eigenvalue weighted by atomic mass is 10.1. The Labute approximate surface area is 172 Å². The highest BCUT2D eigenvalue weighted by atomic mass is 79.9. The molecular formula is C21H24BrN3OS. The molecule has 27 heavy (non-hydrogen) atoms. The van der Waals surface area contributed by atoms with Gasteiger partial charge in [0, 0.05) is 11.9 Å². The van der Waals surface area contributed by atoms with E-state index in [9.17, 15) is 4.79 Å². The molecule has 0 bridgehead atoms. The number of rotatable bonds is 8. The molecule has 0 saturated heterocycles. The molecular weight excluding hydrogens is 422 g/mol. The molecule has 0 saturated carbocycles. The van der Waals surface area contributed by atoms with E-state index in [-0.39, 0.29) is 5.91 Å². The first-order chi connectivity index (χ1) is 13.1. The molecule has 0 aliphatic heterocycles. The number of hydrogen-bond donors (Lipinski definition) is 1. The van der Waals surface area contributed by atoms with Crippen LogP contribution in [0.3, 0.4) is 0 Å². The molecule has 0 unspecified atom stereocenters. The summed E-state index contributed by atoms with van der Waals surface area (Å²) in [5.74, 6) is -0.0370. The summed E-state index contributed by atoms with van der Waals surface area (Å²) in [4.78, 5) is 21.0. The predicted molar refractivity (Wildman–Crippen MR) is 117 cm³/mol. The molecule has 0 aliphatic carbocycles. The highest BCUT2D eigenvalue weighted by molar-refractivity contribution is 9.11. The van der Waals surface area contributed by atoms with E-state index < -0.39 is 0 Å². The summed E-state index contributed by atoms with van der Waals surface area (Å²) in [6.07, 6.45) is 0.946. The lowest BCUT2D eigenvalue weighted by molar-refractivity contribution is 0.0953. The van der Waals surface area contributed by atoms with E-state index in [1.54, 1.807) is 11.3 Å². The number of benzene rings is 1. The Morgan fingerprint density at radius 1 is 1.19 bits per heavy atom. The van der Waals surface area contributed by atoms with E-state index in [0.717, 1.165) is 51.3 Å². The number of thiophene rings is 1. The highest BCUT2D eigenvalue weighted by Crippen LogP contribution is 2.32. The summed E-state index contributed by atoms with van der Waals surface area (Å²) in [7, 11) is 0. The Morgan fingerprint density at radius 3 is 2.67 bits per heavy atom. The predicted octanol–water partition coefficient (Wildman–Crippen LogP) is 5.19. The minimum absolute atomic E-state index is 0.0370. The summed E-state index contributed by atoms with van der Waals surface area (Å²) in [6.45, 7) is 8.08. The Hall–Kier alpha value is -1.76. The fourth-order valence-electron chi connectivity index (χ4n) is 3.08. The Balaban J connectivity index is 1.81. The van der Waals surface area contributed by atoms with Gasteiger partial charge in [0.25, 0.3) is 5.91 Å². The normalized spacial score (nSPS) is 11.3. The van der Waals surface area contributed by atoms with Crippen LogP contribution in [0.2, 0.25) is 0 Å². The summed E-state index contributed by atoms with van der Waals surface area (Å²) in [5, 5.41) is 3.97. The largest absolute Gasteiger partial charge is 0.352 e. The molecule has 0 fully saturated rings. The molecule has 2 heterocycles. The quantitative estimate of drug-likeness (QED) is 0.485. The second-order valence-electron chi connectivity index (χ2n) is 6.31. The summed E-state index contributed by atoms with van der Waals surface area (Å²) in [6, 6.07) is 13.7. The Morgan fingerprint density at radius 2 is 1.96 bits per heavy atom. The van der Waals surface area contributed by atoms with Crippen molar-refractivity contribution in [3.8, 4) is 10.6 Å². The number of carbonyl (C=O) groups excluding carboxylic acids is 1. The molecule has 6 heteroatoms. The van der Waals surface area contributed by atoms with Gasteiger partial charge in [-0.2, -0.15) is 0 Å². The SMILES string of the molecule is CCN(CC)CCCNC(=O)c1cc(-c2ccc(Br)s2)nc2ccccc12. The van der Waals surface area contributed by atoms with Crippen molar-refractivity contribution in [2.75, 3.05) is 26.2 Å². The number of fused-ring (bicyclic) bond motifs is 1. The van der Waals surface area contributed by atoms with Crippen LogP contribution in [0.15, 0.2) is 46.3 Å². The smallest absolute Gasteiger partial charge is 0.252 e. The van der Waals surface area contributed by atoms with Gasteiger partial charge in [0.15, 0.2) is 0 Å². The van der Waals surface area contributed by atoms with Crippen LogP contribution in [0.25, 0.3) is 21.5 Å². The number of halogens is 1. The number of pyridine rings is 1. The van der Waals surface area contributed by atoms with Crippen molar-refractivity contribution in [1.29, 1.82) is 0 Å². The maximum atomic E-state index is 12.9. The molecule has 0 spiro atoms. The van der Waals surface area contributed by atoms with E-state index in [2.05, 4.69) is 40.0 Å². The van der Waals surface area contributed by atoms with Gasteiger partial charge in [-0.25, -0.2) is 4.98 Å². The number of aromatic nitrogens is 1. The standard InChI is InChI=1S/C21H24BrN3OS/c1-3-25(4-2)13-7-12-23-21(26)16-14-18(19-10-11-20(22)27-19)24-17-9-6-5-8-15(16)17/h5-6,8-11,14H,3-4,7,12-13H2,1-2H3,(H,23,26). The van der Waals surface area contributed by atoms with Crippen molar-refractivity contribution in [1.82, 2.24) is 15.2 Å². The molecule has 1 aromatic carbocycles. The second-order valence-corrected chi connectivity index (χ2v) is 8.78. The maximum Gasteiger partial charge on any atom is 0.252 e. The Kier molecular flexibility index (Phi) is 6.99. The molecule has 0 atom stereocenters. The monoisotopic (exact) mass is 445 g/mol. The lowest BCUT2D eigenvalue weighted by Gasteiger charge is -2.17. The molecule has 0 radical (unpaired) electrons. The van der Waals surface area contributed by atoms with Crippen LogP contribution in [0, 0.1) is 0 Å². The van der Waals surface area contributed by atoms with Crippen LogP contribution < -0.4 is 5.32 Å². The number of hydrogen-bond acceptors (Lipinski definition) is 4. The molecule has 1 N–H and O–H groups in total. The van der Waals surface area contributed by atoms with Gasteiger partial charge in [-0.1, -0.05) is 32.0 Å². The van der Waals surface area contributed by atoms with Crippen molar-refractivity contribution < 1.29 is 4.79 Å². The summed E-state index contributed by atoms with van der Waals surface area (Å²) < 4.78 is 1.05. The molecule has 1 amide bonds. The van der Waals surface area contributed by atoms with Crippen LogP contribution in [0.5, 0.6) is 0 Å². The van der Waals surface area contributed by atoms with Crippen molar-refractivity contribution in [3.05, 3.63) is 51.8 Å². The highest BCUT2D eigenvalue weighted by Gasteiger charge is 2.14. The van der Waals surface area contributed by atoms with Crippen LogP contribution in [-0.2, 0) is 0 Å². The van der Waals surface area contributed by atoms with Crippen LogP contribution in [0.4, 0.5) is 0 Å². The Bertz CT molecular complexity index is 921. The number of nitrogens with one attached hydrogen (secondary N) is 1. The maximum absolute atomic E-state index is 12.9. The first-order valence-electron chi connectivity index (χ1n) is 9.28. The van der Waals surface area contributed by atoms with Gasteiger partial charge in [-0.15, -0.1) is 11.3 Å². The second kappa shape index (κ2) is 9.44.